The van der Waals surface area contributed by atoms with Gasteiger partial charge in [-0.15, -0.1) is 0 Å². The Bertz CT molecular complexity index is 1460. The van der Waals surface area contributed by atoms with Crippen LogP contribution in [0.15, 0.2) is 71.8 Å². The third kappa shape index (κ3) is 4.49. The van der Waals surface area contributed by atoms with Crippen LogP contribution in [-0.2, 0) is 10.0 Å². The van der Waals surface area contributed by atoms with Crippen LogP contribution >= 0.6 is 11.6 Å². The van der Waals surface area contributed by atoms with E-state index in [1.165, 1.54) is 17.0 Å². The second-order valence-corrected chi connectivity index (χ2v) is 8.89. The van der Waals surface area contributed by atoms with Crippen LogP contribution < -0.4 is 21.1 Å². The molecule has 0 spiro atoms. The van der Waals surface area contributed by atoms with Gasteiger partial charge in [-0.3, -0.25) is 4.79 Å². The van der Waals surface area contributed by atoms with Crippen molar-refractivity contribution >= 4 is 49.9 Å². The number of hydrogen-bond donors (Lipinski definition) is 3. The Kier molecular flexibility index (Phi) is 5.52. The number of carbonyl (C=O) groups excluding carboxylic acids is 1. The maximum Gasteiger partial charge on any atom is 0.308 e. The van der Waals surface area contributed by atoms with Crippen LogP contribution in [0.1, 0.15) is 10.4 Å². The Hall–Kier alpha value is -3.61. The van der Waals surface area contributed by atoms with E-state index in [9.17, 15) is 22.0 Å². The van der Waals surface area contributed by atoms with Crippen LogP contribution in [0.5, 0.6) is 0 Å². The SMILES string of the molecule is NC1=CN(c2nc3cccc(Cl)c3cc2C(=O)Nc2ccnc(S(N)(=O)=O)c2)C=CC1(F)F. The maximum absolute atomic E-state index is 13.8. The highest BCUT2D eigenvalue weighted by molar-refractivity contribution is 7.89. The first-order valence-corrected chi connectivity index (χ1v) is 11.1. The molecule has 2 aromatic heterocycles. The normalized spacial score (nSPS) is 15.4. The van der Waals surface area contributed by atoms with E-state index in [4.69, 9.17) is 22.5 Å². The van der Waals surface area contributed by atoms with Crippen LogP contribution in [0.25, 0.3) is 10.9 Å². The number of amides is 1. The van der Waals surface area contributed by atoms with Crippen molar-refractivity contribution in [3.05, 3.63) is 77.4 Å². The Morgan fingerprint density at radius 1 is 1.21 bits per heavy atom. The molecule has 1 aliphatic rings. The van der Waals surface area contributed by atoms with E-state index >= 15 is 0 Å². The molecule has 0 saturated carbocycles. The van der Waals surface area contributed by atoms with Crippen molar-refractivity contribution in [2.45, 2.75) is 10.9 Å². The predicted octanol–water partition coefficient (Wildman–Crippen LogP) is 2.95. The number of carbonyl (C=O) groups is 1. The molecule has 170 valence electrons. The van der Waals surface area contributed by atoms with Gasteiger partial charge in [0.25, 0.3) is 15.9 Å². The minimum Gasteiger partial charge on any atom is -0.396 e. The van der Waals surface area contributed by atoms with Crippen LogP contribution in [0.4, 0.5) is 20.3 Å². The van der Waals surface area contributed by atoms with E-state index in [0.717, 1.165) is 24.7 Å². The molecule has 4 rings (SSSR count). The number of primary sulfonamides is 1. The van der Waals surface area contributed by atoms with E-state index in [2.05, 4.69) is 15.3 Å². The monoisotopic (exact) mass is 492 g/mol. The molecular formula is C20H15ClF2N6O3S. The molecule has 0 atom stereocenters. The number of benzene rings is 1. The number of rotatable bonds is 4. The zero-order valence-electron chi connectivity index (χ0n) is 16.5. The van der Waals surface area contributed by atoms with Gasteiger partial charge in [-0.1, -0.05) is 17.7 Å². The fourth-order valence-electron chi connectivity index (χ4n) is 3.04. The van der Waals surface area contributed by atoms with Crippen LogP contribution in [-0.4, -0.2) is 30.2 Å². The van der Waals surface area contributed by atoms with Gasteiger partial charge in [0.2, 0.25) is 0 Å². The quantitative estimate of drug-likeness (QED) is 0.507. The summed E-state index contributed by atoms with van der Waals surface area (Å²) in [5.74, 6) is -4.07. The van der Waals surface area contributed by atoms with Crippen molar-refractivity contribution in [1.29, 1.82) is 0 Å². The molecule has 3 aromatic rings. The van der Waals surface area contributed by atoms with Gasteiger partial charge in [0, 0.05) is 46.8 Å². The number of hydrogen-bond acceptors (Lipinski definition) is 7. The Balaban J connectivity index is 1.81. The van der Waals surface area contributed by atoms with Gasteiger partial charge in [-0.25, -0.2) is 23.5 Å². The van der Waals surface area contributed by atoms with Crippen LogP contribution in [0, 0.1) is 0 Å². The number of fused-ring (bicyclic) bond motifs is 1. The molecule has 0 unspecified atom stereocenters. The molecule has 0 saturated heterocycles. The van der Waals surface area contributed by atoms with Gasteiger partial charge < -0.3 is 16.0 Å². The lowest BCUT2D eigenvalue weighted by Gasteiger charge is -2.25. The first-order chi connectivity index (χ1) is 15.5. The number of alkyl halides is 2. The van der Waals surface area contributed by atoms with Gasteiger partial charge in [0.15, 0.2) is 5.03 Å². The van der Waals surface area contributed by atoms with E-state index in [1.807, 2.05) is 0 Å². The fourth-order valence-corrected chi connectivity index (χ4v) is 3.76. The second kappa shape index (κ2) is 8.06. The highest BCUT2D eigenvalue weighted by atomic mass is 35.5. The third-order valence-corrected chi connectivity index (χ3v) is 5.80. The van der Waals surface area contributed by atoms with E-state index < -0.39 is 32.6 Å². The summed E-state index contributed by atoms with van der Waals surface area (Å²) in [4.78, 5) is 22.4. The summed E-state index contributed by atoms with van der Waals surface area (Å²) < 4.78 is 50.7. The number of nitrogens with two attached hydrogens (primary N) is 2. The van der Waals surface area contributed by atoms with Gasteiger partial charge in [0.05, 0.1) is 16.8 Å². The Morgan fingerprint density at radius 2 is 1.97 bits per heavy atom. The van der Waals surface area contributed by atoms with Crippen molar-refractivity contribution in [2.75, 3.05) is 10.2 Å². The topological polar surface area (TPSA) is 144 Å². The van der Waals surface area contributed by atoms with Crippen molar-refractivity contribution in [1.82, 2.24) is 9.97 Å². The van der Waals surface area contributed by atoms with E-state index in [1.54, 1.807) is 18.2 Å². The zero-order chi connectivity index (χ0) is 24.0. The number of allylic oxidation sites excluding steroid dienone is 1. The molecule has 0 aliphatic carbocycles. The Labute approximate surface area is 191 Å². The lowest BCUT2D eigenvalue weighted by Crippen LogP contribution is -2.31. The average Bonchev–Trinajstić information content (AvgIpc) is 2.75. The van der Waals surface area contributed by atoms with Crippen LogP contribution in [0.3, 0.4) is 0 Å². The number of anilines is 2. The molecule has 1 aromatic carbocycles. The molecule has 13 heteroatoms. The Morgan fingerprint density at radius 3 is 2.67 bits per heavy atom. The summed E-state index contributed by atoms with van der Waals surface area (Å²) >= 11 is 6.24. The molecule has 9 nitrogen and oxygen atoms in total. The van der Waals surface area contributed by atoms with Gasteiger partial charge >= 0.3 is 5.92 Å². The summed E-state index contributed by atoms with van der Waals surface area (Å²) in [5, 5.41) is 7.92. The molecule has 3 heterocycles. The summed E-state index contributed by atoms with van der Waals surface area (Å²) in [5.41, 5.74) is 5.19. The number of halogens is 3. The first-order valence-electron chi connectivity index (χ1n) is 9.18. The fraction of sp³-hybridized carbons (Fsp3) is 0.0500. The zero-order valence-corrected chi connectivity index (χ0v) is 18.1. The van der Waals surface area contributed by atoms with Crippen LogP contribution in [0.2, 0.25) is 5.02 Å². The summed E-state index contributed by atoms with van der Waals surface area (Å²) in [6.07, 6.45) is 3.73. The highest BCUT2D eigenvalue weighted by Gasteiger charge is 2.33. The summed E-state index contributed by atoms with van der Waals surface area (Å²) in [6.45, 7) is 0. The lowest BCUT2D eigenvalue weighted by molar-refractivity contribution is 0.0931. The van der Waals surface area contributed by atoms with Crippen molar-refractivity contribution in [3.8, 4) is 0 Å². The number of nitrogens with zero attached hydrogens (tertiary/aromatic N) is 3. The van der Waals surface area contributed by atoms with Gasteiger partial charge in [-0.2, -0.15) is 8.78 Å². The summed E-state index contributed by atoms with van der Waals surface area (Å²) in [6, 6.07) is 8.77. The second-order valence-electron chi connectivity index (χ2n) is 6.98. The maximum atomic E-state index is 13.8. The molecule has 5 N–H and O–H groups in total. The van der Waals surface area contributed by atoms with Gasteiger partial charge in [-0.05, 0) is 24.3 Å². The molecule has 33 heavy (non-hydrogen) atoms. The molecule has 0 radical (unpaired) electrons. The first kappa shape index (κ1) is 22.6. The average molecular weight is 493 g/mol. The van der Waals surface area contributed by atoms with E-state index in [0.29, 0.717) is 22.0 Å². The number of sulfonamides is 1. The molecular weight excluding hydrogens is 478 g/mol. The molecule has 1 amide bonds. The number of nitrogens with one attached hydrogen (secondary N) is 1. The number of pyridine rings is 2. The smallest absolute Gasteiger partial charge is 0.308 e. The standard InChI is InChI=1S/C20H15ClF2N6O3S/c21-14-2-1-3-15-12(14)9-13(18(28-15)29-7-5-20(22,23)16(24)10-29)19(30)27-11-4-6-26-17(8-11)33(25,31)32/h1-10H,24H2,(H2,25,31,32)(H,26,27,30). The summed E-state index contributed by atoms with van der Waals surface area (Å²) in [7, 11) is -4.10. The van der Waals surface area contributed by atoms with Crippen molar-refractivity contribution in [2.24, 2.45) is 10.9 Å². The number of aromatic nitrogens is 2. The van der Waals surface area contributed by atoms with Crippen molar-refractivity contribution in [3.63, 3.8) is 0 Å². The molecule has 1 aliphatic heterocycles. The molecule has 0 bridgehead atoms. The largest absolute Gasteiger partial charge is 0.396 e. The third-order valence-electron chi connectivity index (χ3n) is 4.67. The van der Waals surface area contributed by atoms with Crippen molar-refractivity contribution < 1.29 is 22.0 Å². The van der Waals surface area contributed by atoms with Gasteiger partial charge in [0.1, 0.15) is 5.82 Å². The highest BCUT2D eigenvalue weighted by Crippen LogP contribution is 2.33. The predicted molar refractivity (Wildman–Crippen MR) is 119 cm³/mol. The minimum absolute atomic E-state index is 0.00214. The minimum atomic E-state index is -4.10. The van der Waals surface area contributed by atoms with E-state index in [-0.39, 0.29) is 17.1 Å². The lowest BCUT2D eigenvalue weighted by atomic mass is 10.1. The molecule has 0 fully saturated rings.